The molecule has 0 fully saturated rings. The summed E-state index contributed by atoms with van der Waals surface area (Å²) < 4.78 is 58.8. The van der Waals surface area contributed by atoms with E-state index in [1.165, 1.54) is 23.9 Å². The normalized spacial score (nSPS) is 14.9. The first-order valence-corrected chi connectivity index (χ1v) is 10.7. The Morgan fingerprint density at radius 2 is 1.85 bits per heavy atom. The summed E-state index contributed by atoms with van der Waals surface area (Å²) in [5, 5.41) is 8.94. The molecule has 1 aromatic rings. The third-order valence-corrected chi connectivity index (χ3v) is 5.05. The highest BCUT2D eigenvalue weighted by molar-refractivity contribution is 7.99. The molecule has 33 heavy (non-hydrogen) atoms. The minimum atomic E-state index is -4.98. The number of ether oxygens (including phenoxy) is 4. The SMILES string of the molecule is O=C(OCCSCCO[N+](=O)[O-])OCOC(=O)C1=Cc2cc(Cl)cc(Cl)c2OC1C(F)(F)F. The van der Waals surface area contributed by atoms with Gasteiger partial charge >= 0.3 is 18.3 Å². The standard InChI is InChI=1S/C17H14Cl2F3NO9S/c18-10-5-9-6-11(14(17(20,21)22)32-13(9)12(19)7-10)15(24)29-8-30-16(25)28-1-3-33-4-2-31-23(26)27/h5-7,14H,1-4,8H2. The lowest BCUT2D eigenvalue weighted by molar-refractivity contribution is -0.756. The fourth-order valence-corrected chi connectivity index (χ4v) is 3.51. The van der Waals surface area contributed by atoms with Crippen LogP contribution in [0.25, 0.3) is 6.08 Å². The summed E-state index contributed by atoms with van der Waals surface area (Å²) in [6.45, 7) is -1.30. The second-order valence-electron chi connectivity index (χ2n) is 5.91. The van der Waals surface area contributed by atoms with E-state index in [1.54, 1.807) is 0 Å². The quantitative estimate of drug-likeness (QED) is 0.141. The van der Waals surface area contributed by atoms with Crippen LogP contribution < -0.4 is 4.74 Å². The molecule has 1 aromatic carbocycles. The van der Waals surface area contributed by atoms with Crippen molar-refractivity contribution < 1.29 is 51.6 Å². The molecule has 1 unspecified atom stereocenters. The van der Waals surface area contributed by atoms with Crippen LogP contribution in [0.15, 0.2) is 17.7 Å². The van der Waals surface area contributed by atoms with Crippen LogP contribution in [-0.2, 0) is 23.8 Å². The second-order valence-corrected chi connectivity index (χ2v) is 7.98. The third-order valence-electron chi connectivity index (χ3n) is 3.64. The predicted octanol–water partition coefficient (Wildman–Crippen LogP) is 4.30. The number of carbonyl (C=O) groups is 2. The molecule has 1 aliphatic rings. The number of nitrogens with zero attached hydrogens (tertiary/aromatic N) is 1. The number of carbonyl (C=O) groups excluding carboxylic acids is 2. The lowest BCUT2D eigenvalue weighted by Gasteiger charge is -2.28. The molecule has 10 nitrogen and oxygen atoms in total. The van der Waals surface area contributed by atoms with Crippen molar-refractivity contribution in [2.75, 3.05) is 31.5 Å². The number of thioether (sulfide) groups is 1. The van der Waals surface area contributed by atoms with E-state index in [1.807, 2.05) is 0 Å². The smallest absolute Gasteiger partial charge is 0.474 e. The van der Waals surface area contributed by atoms with Gasteiger partial charge in [0.1, 0.15) is 19.0 Å². The number of esters is 1. The van der Waals surface area contributed by atoms with E-state index in [9.17, 15) is 32.9 Å². The molecule has 0 amide bonds. The van der Waals surface area contributed by atoms with Gasteiger partial charge < -0.3 is 23.8 Å². The van der Waals surface area contributed by atoms with Gasteiger partial charge in [0.15, 0.2) is 0 Å². The van der Waals surface area contributed by atoms with Crippen molar-refractivity contribution in [2.45, 2.75) is 12.3 Å². The van der Waals surface area contributed by atoms with Crippen LogP contribution in [0.3, 0.4) is 0 Å². The number of halogens is 5. The largest absolute Gasteiger partial charge is 0.511 e. The summed E-state index contributed by atoms with van der Waals surface area (Å²) in [6, 6.07) is 2.43. The predicted molar refractivity (Wildman–Crippen MR) is 109 cm³/mol. The fourth-order valence-electron chi connectivity index (χ4n) is 2.36. The van der Waals surface area contributed by atoms with Crippen LogP contribution in [0.4, 0.5) is 18.0 Å². The van der Waals surface area contributed by atoms with Gasteiger partial charge in [-0.15, -0.1) is 10.1 Å². The first kappa shape index (κ1) is 26.7. The van der Waals surface area contributed by atoms with Crippen LogP contribution in [-0.4, -0.2) is 61.0 Å². The van der Waals surface area contributed by atoms with E-state index in [0.717, 1.165) is 6.08 Å². The molecule has 0 spiro atoms. The number of alkyl halides is 3. The van der Waals surface area contributed by atoms with Gasteiger partial charge in [0.05, 0.1) is 10.6 Å². The van der Waals surface area contributed by atoms with Crippen molar-refractivity contribution in [3.8, 4) is 5.75 Å². The van der Waals surface area contributed by atoms with Crippen molar-refractivity contribution >= 4 is 53.2 Å². The Labute approximate surface area is 197 Å². The molecular weight excluding hydrogens is 522 g/mol. The Kier molecular flexibility index (Phi) is 9.73. The van der Waals surface area contributed by atoms with Gasteiger partial charge in [0, 0.05) is 22.1 Å². The minimum Gasteiger partial charge on any atom is -0.474 e. The molecule has 1 heterocycles. The summed E-state index contributed by atoms with van der Waals surface area (Å²) in [5.41, 5.74) is -0.875. The van der Waals surface area contributed by atoms with Crippen LogP contribution in [0.2, 0.25) is 10.0 Å². The highest BCUT2D eigenvalue weighted by atomic mass is 35.5. The minimum absolute atomic E-state index is 0.0291. The number of benzene rings is 1. The monoisotopic (exact) mass is 535 g/mol. The van der Waals surface area contributed by atoms with E-state index in [4.69, 9.17) is 27.9 Å². The fraction of sp³-hybridized carbons (Fsp3) is 0.412. The van der Waals surface area contributed by atoms with Gasteiger partial charge in [-0.2, -0.15) is 24.9 Å². The van der Waals surface area contributed by atoms with Crippen LogP contribution in [0.1, 0.15) is 5.56 Å². The number of fused-ring (bicyclic) bond motifs is 1. The maximum atomic E-state index is 13.4. The van der Waals surface area contributed by atoms with Gasteiger partial charge in [-0.1, -0.05) is 23.2 Å². The molecule has 0 aromatic heterocycles. The summed E-state index contributed by atoms with van der Waals surface area (Å²) in [6.07, 6.45) is -8.02. The third kappa shape index (κ3) is 8.37. The van der Waals surface area contributed by atoms with Crippen LogP contribution >= 0.6 is 35.0 Å². The van der Waals surface area contributed by atoms with Gasteiger partial charge in [-0.3, -0.25) is 0 Å². The topological polar surface area (TPSA) is 123 Å². The number of rotatable bonds is 10. The molecule has 1 aliphatic heterocycles. The Balaban J connectivity index is 1.85. The van der Waals surface area contributed by atoms with E-state index < -0.39 is 41.9 Å². The molecule has 0 saturated carbocycles. The van der Waals surface area contributed by atoms with Gasteiger partial charge in [0.2, 0.25) is 12.9 Å². The van der Waals surface area contributed by atoms with Crippen molar-refractivity contribution in [1.82, 2.24) is 0 Å². The first-order valence-electron chi connectivity index (χ1n) is 8.74. The zero-order chi connectivity index (χ0) is 24.6. The van der Waals surface area contributed by atoms with Crippen molar-refractivity contribution in [3.05, 3.63) is 43.4 Å². The molecule has 0 N–H and O–H groups in total. The molecule has 0 radical (unpaired) electrons. The molecule has 1 atom stereocenters. The Morgan fingerprint density at radius 1 is 1.15 bits per heavy atom. The van der Waals surface area contributed by atoms with Gasteiger partial charge in [-0.05, 0) is 18.2 Å². The van der Waals surface area contributed by atoms with E-state index in [-0.39, 0.29) is 46.1 Å². The average Bonchev–Trinajstić information content (AvgIpc) is 2.71. The second kappa shape index (κ2) is 12.0. The molecule has 182 valence electrons. The average molecular weight is 536 g/mol. The van der Waals surface area contributed by atoms with E-state index in [2.05, 4.69) is 19.0 Å². The molecule has 0 saturated heterocycles. The van der Waals surface area contributed by atoms with Crippen molar-refractivity contribution in [3.63, 3.8) is 0 Å². The summed E-state index contributed by atoms with van der Waals surface area (Å²) >= 11 is 12.9. The lowest BCUT2D eigenvalue weighted by Crippen LogP contribution is -2.41. The zero-order valence-electron chi connectivity index (χ0n) is 16.3. The molecule has 16 heteroatoms. The van der Waals surface area contributed by atoms with Crippen LogP contribution in [0.5, 0.6) is 5.75 Å². The van der Waals surface area contributed by atoms with E-state index >= 15 is 0 Å². The maximum absolute atomic E-state index is 13.4. The lowest BCUT2D eigenvalue weighted by atomic mass is 10.0. The summed E-state index contributed by atoms with van der Waals surface area (Å²) in [5.74, 6) is -1.22. The Hall–Kier alpha value is -2.58. The Morgan fingerprint density at radius 3 is 2.52 bits per heavy atom. The van der Waals surface area contributed by atoms with Gasteiger partial charge in [0.25, 0.3) is 5.09 Å². The summed E-state index contributed by atoms with van der Waals surface area (Å²) in [7, 11) is 0. The number of hydrogen-bond donors (Lipinski definition) is 0. The molecule has 2 rings (SSSR count). The molecule has 0 aliphatic carbocycles. The molecule has 0 bridgehead atoms. The highest BCUT2D eigenvalue weighted by Crippen LogP contribution is 2.42. The maximum Gasteiger partial charge on any atom is 0.511 e. The highest BCUT2D eigenvalue weighted by Gasteiger charge is 2.49. The Bertz CT molecular complexity index is 930. The zero-order valence-corrected chi connectivity index (χ0v) is 18.6. The number of hydrogen-bond acceptors (Lipinski definition) is 10. The van der Waals surface area contributed by atoms with Gasteiger partial charge in [-0.25, -0.2) is 9.59 Å². The van der Waals surface area contributed by atoms with Crippen molar-refractivity contribution in [2.24, 2.45) is 0 Å². The van der Waals surface area contributed by atoms with Crippen molar-refractivity contribution in [1.29, 1.82) is 0 Å². The molecular formula is C17H14Cl2F3NO9S. The van der Waals surface area contributed by atoms with E-state index in [0.29, 0.717) is 0 Å². The summed E-state index contributed by atoms with van der Waals surface area (Å²) in [4.78, 5) is 37.7. The first-order chi connectivity index (χ1) is 15.5. The van der Waals surface area contributed by atoms with Crippen LogP contribution in [0, 0.1) is 10.1 Å².